The smallest absolute Gasteiger partial charge is 0.319 e. The molecule has 1 saturated carbocycles. The quantitative estimate of drug-likeness (QED) is 0.470. The van der Waals surface area contributed by atoms with Gasteiger partial charge in [0.05, 0.1) is 11.6 Å². The summed E-state index contributed by atoms with van der Waals surface area (Å²) >= 11 is 0. The van der Waals surface area contributed by atoms with Gasteiger partial charge in [-0.3, -0.25) is 4.79 Å². The Kier molecular flexibility index (Phi) is 9.45. The van der Waals surface area contributed by atoms with E-state index in [1.165, 1.54) is 19.7 Å². The van der Waals surface area contributed by atoms with Gasteiger partial charge in [-0.2, -0.15) is 22.7 Å². The molecule has 40 heavy (non-hydrogen) atoms. The third kappa shape index (κ3) is 7.18. The number of urea groups is 1. The van der Waals surface area contributed by atoms with Crippen LogP contribution in [0.15, 0.2) is 42.5 Å². The third-order valence-electron chi connectivity index (χ3n) is 7.89. The Labute approximate surface area is 236 Å². The third-order valence-corrected chi connectivity index (χ3v) is 9.45. The van der Waals surface area contributed by atoms with Gasteiger partial charge in [0.15, 0.2) is 0 Å². The van der Waals surface area contributed by atoms with Gasteiger partial charge < -0.3 is 15.5 Å². The van der Waals surface area contributed by atoms with Gasteiger partial charge in [0.25, 0.3) is 16.1 Å². The van der Waals surface area contributed by atoms with Crippen molar-refractivity contribution in [2.75, 3.05) is 32.5 Å². The van der Waals surface area contributed by atoms with E-state index in [9.17, 15) is 18.0 Å². The lowest BCUT2D eigenvalue weighted by atomic mass is 9.89. The fourth-order valence-electron chi connectivity index (χ4n) is 5.39. The zero-order chi connectivity index (χ0) is 28.9. The molecule has 3 N–H and O–H groups in total. The highest BCUT2D eigenvalue weighted by Crippen LogP contribution is 2.29. The minimum Gasteiger partial charge on any atom is -0.339 e. The van der Waals surface area contributed by atoms with Crippen LogP contribution in [0, 0.1) is 18.3 Å². The van der Waals surface area contributed by atoms with E-state index in [1.807, 2.05) is 42.2 Å². The summed E-state index contributed by atoms with van der Waals surface area (Å²) in [6.07, 6.45) is 4.78. The number of nitrogens with zero attached hydrogens (tertiary/aromatic N) is 3. The Bertz CT molecular complexity index is 1360. The molecule has 0 radical (unpaired) electrons. The van der Waals surface area contributed by atoms with E-state index >= 15 is 0 Å². The number of anilines is 1. The van der Waals surface area contributed by atoms with Gasteiger partial charge in [-0.05, 0) is 73.9 Å². The fourth-order valence-corrected chi connectivity index (χ4v) is 6.26. The predicted molar refractivity (Wildman–Crippen MR) is 154 cm³/mol. The van der Waals surface area contributed by atoms with E-state index in [2.05, 4.69) is 21.4 Å². The Hall–Kier alpha value is -3.46. The molecule has 1 saturated heterocycles. The van der Waals surface area contributed by atoms with Gasteiger partial charge in [0.1, 0.15) is 0 Å². The Morgan fingerprint density at radius 2 is 1.62 bits per heavy atom. The second kappa shape index (κ2) is 12.8. The van der Waals surface area contributed by atoms with Crippen molar-refractivity contribution in [1.82, 2.24) is 19.2 Å². The Balaban J connectivity index is 1.36. The number of nitriles is 1. The monoisotopic (exact) mass is 566 g/mol. The first-order valence-corrected chi connectivity index (χ1v) is 15.2. The normalized spacial score (nSPS) is 20.1. The predicted octanol–water partition coefficient (Wildman–Crippen LogP) is 3.72. The zero-order valence-corrected chi connectivity index (χ0v) is 24.1. The summed E-state index contributed by atoms with van der Waals surface area (Å²) in [5, 5.41) is 14.8. The van der Waals surface area contributed by atoms with Crippen molar-refractivity contribution in [2.24, 2.45) is 0 Å². The largest absolute Gasteiger partial charge is 0.339 e. The molecule has 2 aromatic rings. The summed E-state index contributed by atoms with van der Waals surface area (Å²) in [5.41, 5.74) is 3.69. The first kappa shape index (κ1) is 29.5. The number of amides is 3. The van der Waals surface area contributed by atoms with Crippen LogP contribution in [-0.2, 0) is 10.2 Å². The minimum atomic E-state index is -3.62. The first-order chi connectivity index (χ1) is 19.1. The van der Waals surface area contributed by atoms with Crippen LogP contribution in [0.25, 0.3) is 0 Å². The van der Waals surface area contributed by atoms with E-state index in [4.69, 9.17) is 5.26 Å². The van der Waals surface area contributed by atoms with Gasteiger partial charge in [0, 0.05) is 50.5 Å². The van der Waals surface area contributed by atoms with Crippen molar-refractivity contribution in [3.8, 4) is 6.07 Å². The lowest BCUT2D eigenvalue weighted by Crippen LogP contribution is -2.55. The molecule has 1 aliphatic carbocycles. The molecule has 2 unspecified atom stereocenters. The molecule has 2 aliphatic rings. The van der Waals surface area contributed by atoms with Crippen LogP contribution in [0.5, 0.6) is 0 Å². The van der Waals surface area contributed by atoms with Crippen molar-refractivity contribution >= 4 is 27.8 Å². The number of rotatable bonds is 7. The van der Waals surface area contributed by atoms with Crippen LogP contribution in [-0.4, -0.2) is 68.8 Å². The summed E-state index contributed by atoms with van der Waals surface area (Å²) in [5.74, 6) is 0.272. The first-order valence-electron chi connectivity index (χ1n) is 13.7. The summed E-state index contributed by atoms with van der Waals surface area (Å²) in [4.78, 5) is 28.1. The Morgan fingerprint density at radius 3 is 2.25 bits per heavy atom. The topological polar surface area (TPSA) is 135 Å². The lowest BCUT2D eigenvalue weighted by molar-refractivity contribution is 0.0713. The number of carbonyl (C=O) groups excluding carboxylic acids is 2. The van der Waals surface area contributed by atoms with Crippen molar-refractivity contribution < 1.29 is 18.0 Å². The molecule has 2 aromatic carbocycles. The van der Waals surface area contributed by atoms with Gasteiger partial charge in [-0.25, -0.2) is 4.79 Å². The van der Waals surface area contributed by atoms with E-state index in [1.54, 1.807) is 12.1 Å². The fraction of sp³-hybridized carbons (Fsp3) is 0.483. The van der Waals surface area contributed by atoms with E-state index in [0.29, 0.717) is 48.7 Å². The average molecular weight is 567 g/mol. The van der Waals surface area contributed by atoms with Gasteiger partial charge in [0.2, 0.25) is 0 Å². The molecule has 0 aromatic heterocycles. The summed E-state index contributed by atoms with van der Waals surface area (Å²) in [7, 11) is -0.688. The number of benzene rings is 2. The molecule has 2 atom stereocenters. The van der Waals surface area contributed by atoms with Crippen LogP contribution in [0.4, 0.5) is 10.5 Å². The zero-order valence-electron chi connectivity index (χ0n) is 23.3. The number of aryl methyl sites for hydroxylation is 1. The minimum absolute atomic E-state index is 0.0767. The van der Waals surface area contributed by atoms with Crippen LogP contribution in [0.3, 0.4) is 0 Å². The van der Waals surface area contributed by atoms with Crippen LogP contribution in [0.2, 0.25) is 0 Å². The number of carbonyl (C=O) groups is 2. The maximum Gasteiger partial charge on any atom is 0.319 e. The molecule has 3 amide bonds. The van der Waals surface area contributed by atoms with Gasteiger partial charge in [-0.15, -0.1) is 0 Å². The second-order valence-electron chi connectivity index (χ2n) is 10.8. The molecule has 10 nitrogen and oxygen atoms in total. The van der Waals surface area contributed by atoms with Gasteiger partial charge >= 0.3 is 6.03 Å². The van der Waals surface area contributed by atoms with Crippen molar-refractivity contribution in [2.45, 2.75) is 63.5 Å². The lowest BCUT2D eigenvalue weighted by Gasteiger charge is -2.33. The van der Waals surface area contributed by atoms with Gasteiger partial charge in [-0.1, -0.05) is 31.0 Å². The maximum absolute atomic E-state index is 13.3. The molecule has 0 bridgehead atoms. The number of nitrogens with one attached hydrogen (secondary N) is 3. The SMILES string of the molecule is Cc1ccc(C(=O)N2CCC(c3ccc(C#N)cc3)CC2)cc1NC(=O)NC1CCCCC1NS(=O)(=O)N(C)C. The molecular formula is C29H38N6O4S. The van der Waals surface area contributed by atoms with Crippen LogP contribution >= 0.6 is 0 Å². The molecule has 11 heteroatoms. The molecule has 214 valence electrons. The number of hydrogen-bond acceptors (Lipinski definition) is 5. The number of likely N-dealkylation sites (tertiary alicyclic amines) is 1. The van der Waals surface area contributed by atoms with Crippen molar-refractivity contribution in [1.29, 1.82) is 5.26 Å². The Morgan fingerprint density at radius 1 is 0.975 bits per heavy atom. The summed E-state index contributed by atoms with van der Waals surface area (Å²) < 4.78 is 28.5. The molecule has 4 rings (SSSR count). The van der Waals surface area contributed by atoms with Crippen molar-refractivity contribution in [3.63, 3.8) is 0 Å². The molecule has 1 heterocycles. The highest BCUT2D eigenvalue weighted by atomic mass is 32.2. The van der Waals surface area contributed by atoms with E-state index < -0.39 is 22.3 Å². The van der Waals surface area contributed by atoms with E-state index in [-0.39, 0.29) is 11.9 Å². The summed E-state index contributed by atoms with van der Waals surface area (Å²) in [6.45, 7) is 3.13. The maximum atomic E-state index is 13.3. The molecular weight excluding hydrogens is 528 g/mol. The summed E-state index contributed by atoms with van der Waals surface area (Å²) in [6, 6.07) is 13.9. The molecule has 2 fully saturated rings. The highest BCUT2D eigenvalue weighted by Gasteiger charge is 2.31. The second-order valence-corrected chi connectivity index (χ2v) is 12.7. The number of hydrogen-bond donors (Lipinski definition) is 3. The molecule has 0 spiro atoms. The number of piperidine rings is 1. The van der Waals surface area contributed by atoms with E-state index in [0.717, 1.165) is 35.6 Å². The standard InChI is InChI=1S/C29H38N6O4S/c1-20-8-11-24(28(36)35-16-14-23(15-17-35)22-12-9-21(19-30)10-13-22)18-27(20)32-29(37)31-25-6-4-5-7-26(25)33-40(38,39)34(2)3/h8-13,18,23,25-26,33H,4-7,14-17H2,1-3H3,(H2,31,32,37). The van der Waals surface area contributed by atoms with Crippen molar-refractivity contribution in [3.05, 3.63) is 64.7 Å². The molecule has 1 aliphatic heterocycles. The van der Waals surface area contributed by atoms with Crippen LogP contribution in [0.1, 0.15) is 71.5 Å². The highest BCUT2D eigenvalue weighted by molar-refractivity contribution is 7.87. The average Bonchev–Trinajstić information content (AvgIpc) is 2.95. The van der Waals surface area contributed by atoms with Crippen LogP contribution < -0.4 is 15.4 Å².